The van der Waals surface area contributed by atoms with Gasteiger partial charge in [0.2, 0.25) is 5.91 Å². The van der Waals surface area contributed by atoms with Gasteiger partial charge in [0.25, 0.3) is 0 Å². The molecule has 4 heteroatoms. The smallest absolute Gasteiger partial charge is 0.230 e. The van der Waals surface area contributed by atoms with Gasteiger partial charge in [0.15, 0.2) is 0 Å². The zero-order valence-corrected chi connectivity index (χ0v) is 14.6. The molecule has 1 fully saturated rings. The molecule has 0 heterocycles. The number of nitrogens with one attached hydrogen (secondary N) is 1. The van der Waals surface area contributed by atoms with Crippen molar-refractivity contribution in [3.8, 4) is 0 Å². The Bertz CT molecular complexity index is 764. The molecule has 1 amide bonds. The van der Waals surface area contributed by atoms with Gasteiger partial charge in [0.05, 0.1) is 5.41 Å². The molecule has 0 bridgehead atoms. The van der Waals surface area contributed by atoms with Crippen molar-refractivity contribution in [3.63, 3.8) is 0 Å². The second-order valence-corrected chi connectivity index (χ2v) is 7.49. The van der Waals surface area contributed by atoms with E-state index in [0.717, 1.165) is 24.8 Å². The molecular formula is C21H23F2NO. The molecule has 1 aliphatic rings. The van der Waals surface area contributed by atoms with Crippen molar-refractivity contribution in [2.45, 2.75) is 43.9 Å². The number of carbonyl (C=O) groups excluding carboxylic acids is 1. The van der Waals surface area contributed by atoms with Crippen molar-refractivity contribution >= 4 is 5.91 Å². The summed E-state index contributed by atoms with van der Waals surface area (Å²) in [4.78, 5) is 12.9. The van der Waals surface area contributed by atoms with Gasteiger partial charge in [-0.2, -0.15) is 0 Å². The minimum Gasteiger partial charge on any atom is -0.354 e. The number of halogens is 2. The quantitative estimate of drug-likeness (QED) is 0.852. The van der Waals surface area contributed by atoms with E-state index in [1.54, 1.807) is 30.3 Å². The molecule has 0 spiro atoms. The van der Waals surface area contributed by atoms with Gasteiger partial charge in [-0.3, -0.25) is 4.79 Å². The van der Waals surface area contributed by atoms with Crippen LogP contribution in [0.15, 0.2) is 48.5 Å². The molecule has 0 atom stereocenters. The Morgan fingerprint density at radius 1 is 1.08 bits per heavy atom. The molecule has 25 heavy (non-hydrogen) atoms. The number of benzene rings is 2. The first kappa shape index (κ1) is 17.6. The lowest BCUT2D eigenvalue weighted by molar-refractivity contribution is -0.130. The van der Waals surface area contributed by atoms with Crippen LogP contribution in [0.2, 0.25) is 0 Å². The van der Waals surface area contributed by atoms with Crippen LogP contribution in [0.3, 0.4) is 0 Å². The minimum atomic E-state index is -0.584. The molecule has 132 valence electrons. The van der Waals surface area contributed by atoms with E-state index in [2.05, 4.69) is 5.32 Å². The molecule has 3 rings (SSSR count). The van der Waals surface area contributed by atoms with E-state index in [1.807, 2.05) is 13.8 Å². The van der Waals surface area contributed by atoms with E-state index in [0.29, 0.717) is 12.1 Å². The molecule has 0 aliphatic heterocycles. The Labute approximate surface area is 147 Å². The lowest BCUT2D eigenvalue weighted by Crippen LogP contribution is -2.51. The zero-order valence-electron chi connectivity index (χ0n) is 14.6. The Kier molecular flexibility index (Phi) is 4.63. The van der Waals surface area contributed by atoms with Gasteiger partial charge in [0, 0.05) is 12.0 Å². The second-order valence-electron chi connectivity index (χ2n) is 7.49. The topological polar surface area (TPSA) is 29.1 Å². The van der Waals surface area contributed by atoms with Crippen molar-refractivity contribution < 1.29 is 13.6 Å². The molecule has 0 radical (unpaired) electrons. The van der Waals surface area contributed by atoms with Gasteiger partial charge >= 0.3 is 0 Å². The summed E-state index contributed by atoms with van der Waals surface area (Å²) in [6.07, 6.45) is 2.48. The van der Waals surface area contributed by atoms with Gasteiger partial charge in [-0.1, -0.05) is 50.6 Å². The molecule has 2 aromatic rings. The first-order valence-electron chi connectivity index (χ1n) is 8.65. The molecule has 0 aromatic heterocycles. The number of carbonyl (C=O) groups is 1. The largest absolute Gasteiger partial charge is 0.354 e. The van der Waals surface area contributed by atoms with Crippen LogP contribution in [0.25, 0.3) is 0 Å². The predicted octanol–water partition coefficient (Wildman–Crippen LogP) is 4.48. The highest BCUT2D eigenvalue weighted by molar-refractivity contribution is 5.89. The Balaban J connectivity index is 1.75. The fourth-order valence-corrected chi connectivity index (χ4v) is 3.52. The number of rotatable bonds is 5. The average molecular weight is 343 g/mol. The van der Waals surface area contributed by atoms with Crippen LogP contribution in [-0.4, -0.2) is 12.5 Å². The van der Waals surface area contributed by atoms with Crippen LogP contribution >= 0.6 is 0 Å². The molecule has 1 saturated carbocycles. The molecule has 2 nitrogen and oxygen atoms in total. The summed E-state index contributed by atoms with van der Waals surface area (Å²) >= 11 is 0. The fourth-order valence-electron chi connectivity index (χ4n) is 3.52. The first-order chi connectivity index (χ1) is 11.8. The third-order valence-corrected chi connectivity index (χ3v) is 5.33. The summed E-state index contributed by atoms with van der Waals surface area (Å²) < 4.78 is 27.3. The number of hydrogen-bond donors (Lipinski definition) is 1. The van der Waals surface area contributed by atoms with E-state index >= 15 is 0 Å². The van der Waals surface area contributed by atoms with Gasteiger partial charge < -0.3 is 5.32 Å². The summed E-state index contributed by atoms with van der Waals surface area (Å²) in [5, 5.41) is 3.01. The van der Waals surface area contributed by atoms with Crippen molar-refractivity contribution in [1.29, 1.82) is 0 Å². The number of hydrogen-bond acceptors (Lipinski definition) is 1. The van der Waals surface area contributed by atoms with Crippen LogP contribution in [-0.2, 0) is 15.6 Å². The Morgan fingerprint density at radius 2 is 1.72 bits per heavy atom. The molecule has 0 saturated heterocycles. The minimum absolute atomic E-state index is 0.0604. The van der Waals surface area contributed by atoms with Crippen molar-refractivity contribution in [3.05, 3.63) is 71.3 Å². The Hall–Kier alpha value is -2.23. The summed E-state index contributed by atoms with van der Waals surface area (Å²) in [6.45, 7) is 4.17. The summed E-state index contributed by atoms with van der Waals surface area (Å²) in [7, 11) is 0. The van der Waals surface area contributed by atoms with Crippen LogP contribution in [0, 0.1) is 11.6 Å². The highest BCUT2D eigenvalue weighted by atomic mass is 19.1. The van der Waals surface area contributed by atoms with Crippen LogP contribution in [0.4, 0.5) is 8.78 Å². The third-order valence-electron chi connectivity index (χ3n) is 5.33. The normalized spacial score (nSPS) is 16.2. The maximum absolute atomic E-state index is 14.1. The van der Waals surface area contributed by atoms with Gasteiger partial charge in [0.1, 0.15) is 11.6 Å². The third kappa shape index (κ3) is 3.30. The maximum atomic E-state index is 14.1. The van der Waals surface area contributed by atoms with Gasteiger partial charge in [-0.15, -0.1) is 0 Å². The van der Waals surface area contributed by atoms with Crippen molar-refractivity contribution in [2.75, 3.05) is 6.54 Å². The molecule has 1 N–H and O–H groups in total. The van der Waals surface area contributed by atoms with E-state index in [4.69, 9.17) is 0 Å². The molecule has 1 aliphatic carbocycles. The lowest BCUT2D eigenvalue weighted by atomic mass is 9.63. The highest BCUT2D eigenvalue weighted by Crippen LogP contribution is 2.44. The SMILES string of the molecule is CC(C)(CNC(=O)C1(c2ccc(F)cc2)CCC1)c1ccccc1F. The monoisotopic (exact) mass is 343 g/mol. The van der Waals surface area contributed by atoms with Crippen molar-refractivity contribution in [1.82, 2.24) is 5.32 Å². The number of amides is 1. The van der Waals surface area contributed by atoms with Crippen LogP contribution < -0.4 is 5.32 Å². The van der Waals surface area contributed by atoms with E-state index in [-0.39, 0.29) is 17.5 Å². The fraction of sp³-hybridized carbons (Fsp3) is 0.381. The second kappa shape index (κ2) is 6.58. The molecule has 0 unspecified atom stereocenters. The maximum Gasteiger partial charge on any atom is 0.230 e. The van der Waals surface area contributed by atoms with Gasteiger partial charge in [-0.25, -0.2) is 8.78 Å². The van der Waals surface area contributed by atoms with Crippen LogP contribution in [0.5, 0.6) is 0 Å². The van der Waals surface area contributed by atoms with E-state index in [9.17, 15) is 13.6 Å². The van der Waals surface area contributed by atoms with E-state index < -0.39 is 10.8 Å². The predicted molar refractivity (Wildman–Crippen MR) is 94.4 cm³/mol. The first-order valence-corrected chi connectivity index (χ1v) is 8.65. The van der Waals surface area contributed by atoms with E-state index in [1.165, 1.54) is 18.2 Å². The van der Waals surface area contributed by atoms with Crippen molar-refractivity contribution in [2.24, 2.45) is 0 Å². The highest BCUT2D eigenvalue weighted by Gasteiger charge is 2.45. The standard InChI is InChI=1S/C21H23F2NO/c1-20(2,17-6-3-4-7-18(17)23)14-24-19(25)21(12-5-13-21)15-8-10-16(22)11-9-15/h3-4,6-11H,5,12-14H2,1-2H3,(H,24,25). The lowest BCUT2D eigenvalue weighted by Gasteiger charge is -2.41. The molecule has 2 aromatic carbocycles. The summed E-state index contributed by atoms with van der Waals surface area (Å²) in [5.41, 5.74) is 0.328. The average Bonchev–Trinajstić information content (AvgIpc) is 2.54. The summed E-state index contributed by atoms with van der Waals surface area (Å²) in [5.74, 6) is -0.632. The zero-order chi connectivity index (χ0) is 18.1. The summed E-state index contributed by atoms with van der Waals surface area (Å²) in [6, 6.07) is 12.8. The van der Waals surface area contributed by atoms with Crippen LogP contribution in [0.1, 0.15) is 44.2 Å². The Morgan fingerprint density at radius 3 is 2.28 bits per heavy atom. The van der Waals surface area contributed by atoms with Gasteiger partial charge in [-0.05, 0) is 42.2 Å². The molecular weight excluding hydrogens is 320 g/mol.